The van der Waals surface area contributed by atoms with Crippen LogP contribution in [0, 0.1) is 5.41 Å². The summed E-state index contributed by atoms with van der Waals surface area (Å²) >= 11 is 0. The van der Waals surface area contributed by atoms with Gasteiger partial charge in [-0.15, -0.1) is 0 Å². The lowest BCUT2D eigenvalue weighted by Gasteiger charge is -2.21. The molecule has 1 atom stereocenters. The van der Waals surface area contributed by atoms with Crippen LogP contribution in [0.1, 0.15) is 28.3 Å². The van der Waals surface area contributed by atoms with Crippen LogP contribution in [-0.2, 0) is 0 Å². The molecule has 0 fully saturated rings. The van der Waals surface area contributed by atoms with E-state index in [4.69, 9.17) is 5.73 Å². The molecule has 0 amide bonds. The van der Waals surface area contributed by atoms with Crippen LogP contribution in [0.15, 0.2) is 146 Å². The van der Waals surface area contributed by atoms with Gasteiger partial charge in [0.15, 0.2) is 0 Å². The molecular formula is C36H28N4. The number of hydrogen-bond donors (Lipinski definition) is 2. The van der Waals surface area contributed by atoms with E-state index in [0.29, 0.717) is 5.71 Å². The fraction of sp³-hybridized carbons (Fsp3) is 0.0278. The summed E-state index contributed by atoms with van der Waals surface area (Å²) in [6.45, 7) is 0. The van der Waals surface area contributed by atoms with Gasteiger partial charge in [0, 0.05) is 35.9 Å². The van der Waals surface area contributed by atoms with E-state index in [2.05, 4.69) is 58.5 Å². The number of pyridine rings is 2. The number of nitrogens with one attached hydrogen (secondary N) is 1. The predicted octanol–water partition coefficient (Wildman–Crippen LogP) is 7.94. The van der Waals surface area contributed by atoms with Crippen molar-refractivity contribution < 1.29 is 0 Å². The molecular weight excluding hydrogens is 488 g/mol. The Labute approximate surface area is 234 Å². The molecule has 0 radical (unpaired) electrons. The van der Waals surface area contributed by atoms with Crippen molar-refractivity contribution in [1.82, 2.24) is 9.97 Å². The summed E-state index contributed by atoms with van der Waals surface area (Å²) in [6, 6.07) is 40.4. The van der Waals surface area contributed by atoms with Crippen molar-refractivity contribution in [2.45, 2.75) is 6.04 Å². The molecule has 6 rings (SSSR count). The Morgan fingerprint density at radius 3 is 1.62 bits per heavy atom. The van der Waals surface area contributed by atoms with E-state index >= 15 is 0 Å². The molecule has 0 aliphatic rings. The molecule has 40 heavy (non-hydrogen) atoms. The molecule has 2 aromatic heterocycles. The largest absolute Gasteiger partial charge is 0.320 e. The first-order chi connectivity index (χ1) is 19.7. The monoisotopic (exact) mass is 516 g/mol. The van der Waals surface area contributed by atoms with Crippen molar-refractivity contribution in [2.24, 2.45) is 5.73 Å². The Kier molecular flexibility index (Phi) is 7.08. The molecule has 4 nitrogen and oxygen atoms in total. The standard InChI is InChI=1S/C36H28N4/c37-35(28-9-5-2-6-10-28)34-24-29(25-7-3-1-4-8-25)11-12-33(34)36(38)32-22-30(26-13-17-39-18-14-26)21-31(23-32)27-15-19-40-20-16-27/h1-24,36-37H,38H2/t36-/m1/s1. The van der Waals surface area contributed by atoms with Gasteiger partial charge < -0.3 is 5.73 Å². The van der Waals surface area contributed by atoms with E-state index in [1.54, 1.807) is 24.8 Å². The third kappa shape index (κ3) is 5.21. The summed E-state index contributed by atoms with van der Waals surface area (Å²) in [5.74, 6) is 0. The van der Waals surface area contributed by atoms with Crippen LogP contribution in [0.5, 0.6) is 0 Å². The van der Waals surface area contributed by atoms with Crippen LogP contribution in [-0.4, -0.2) is 15.7 Å². The normalized spacial score (nSPS) is 11.6. The Bertz CT molecular complexity index is 1690. The van der Waals surface area contributed by atoms with Crippen molar-refractivity contribution in [1.29, 1.82) is 5.41 Å². The Morgan fingerprint density at radius 2 is 1.05 bits per heavy atom. The molecule has 0 saturated heterocycles. The molecule has 3 N–H and O–H groups in total. The van der Waals surface area contributed by atoms with E-state index < -0.39 is 6.04 Å². The number of benzene rings is 4. The van der Waals surface area contributed by atoms with Gasteiger partial charge in [0.05, 0.1) is 11.8 Å². The van der Waals surface area contributed by atoms with Crippen LogP contribution in [0.4, 0.5) is 0 Å². The van der Waals surface area contributed by atoms with Crippen molar-refractivity contribution in [3.8, 4) is 33.4 Å². The van der Waals surface area contributed by atoms with Gasteiger partial charge in [0.2, 0.25) is 0 Å². The van der Waals surface area contributed by atoms with Gasteiger partial charge in [-0.25, -0.2) is 0 Å². The van der Waals surface area contributed by atoms with E-state index in [9.17, 15) is 5.41 Å². The van der Waals surface area contributed by atoms with Gasteiger partial charge in [0.25, 0.3) is 0 Å². The van der Waals surface area contributed by atoms with E-state index in [-0.39, 0.29) is 0 Å². The van der Waals surface area contributed by atoms with Gasteiger partial charge in [-0.05, 0) is 93.0 Å². The van der Waals surface area contributed by atoms with E-state index in [1.165, 1.54) is 0 Å². The number of aromatic nitrogens is 2. The number of rotatable bonds is 7. The zero-order valence-corrected chi connectivity index (χ0v) is 21.9. The molecule has 4 heteroatoms. The summed E-state index contributed by atoms with van der Waals surface area (Å²) in [7, 11) is 0. The highest BCUT2D eigenvalue weighted by Gasteiger charge is 2.20. The molecule has 4 aromatic carbocycles. The van der Waals surface area contributed by atoms with Crippen molar-refractivity contribution in [2.75, 3.05) is 0 Å². The summed E-state index contributed by atoms with van der Waals surface area (Å²) in [4.78, 5) is 8.39. The number of nitrogens with zero attached hydrogens (tertiary/aromatic N) is 2. The van der Waals surface area contributed by atoms with Gasteiger partial charge in [-0.2, -0.15) is 0 Å². The maximum Gasteiger partial charge on any atom is 0.0688 e. The molecule has 6 aromatic rings. The third-order valence-corrected chi connectivity index (χ3v) is 7.17. The highest BCUT2D eigenvalue weighted by Crippen LogP contribution is 2.34. The smallest absolute Gasteiger partial charge is 0.0688 e. The molecule has 0 saturated carbocycles. The Hall–Kier alpha value is -5.19. The molecule has 0 aliphatic carbocycles. The molecule has 0 aliphatic heterocycles. The Balaban J connectivity index is 1.51. The summed E-state index contributed by atoms with van der Waals surface area (Å²) in [5.41, 5.74) is 17.5. The minimum Gasteiger partial charge on any atom is -0.320 e. The first-order valence-corrected chi connectivity index (χ1v) is 13.2. The molecule has 0 unspecified atom stereocenters. The SMILES string of the molecule is N=C(c1ccccc1)c1cc(-c2ccccc2)ccc1[C@H](N)c1cc(-c2ccncc2)cc(-c2ccncc2)c1. The first kappa shape index (κ1) is 25.1. The number of nitrogens with two attached hydrogens (primary N) is 1. The van der Waals surface area contributed by atoms with Crippen LogP contribution in [0.2, 0.25) is 0 Å². The predicted molar refractivity (Wildman–Crippen MR) is 163 cm³/mol. The second-order valence-electron chi connectivity index (χ2n) is 9.70. The minimum absolute atomic E-state index is 0.448. The summed E-state index contributed by atoms with van der Waals surface area (Å²) in [6.07, 6.45) is 7.20. The minimum atomic E-state index is -0.453. The fourth-order valence-corrected chi connectivity index (χ4v) is 5.05. The van der Waals surface area contributed by atoms with Gasteiger partial charge >= 0.3 is 0 Å². The van der Waals surface area contributed by atoms with Crippen LogP contribution >= 0.6 is 0 Å². The van der Waals surface area contributed by atoms with E-state index in [0.717, 1.165) is 55.6 Å². The third-order valence-electron chi connectivity index (χ3n) is 7.17. The molecule has 0 spiro atoms. The lowest BCUT2D eigenvalue weighted by molar-refractivity contribution is 0.869. The average molecular weight is 517 g/mol. The quantitative estimate of drug-likeness (QED) is 0.211. The first-order valence-electron chi connectivity index (χ1n) is 13.2. The van der Waals surface area contributed by atoms with Crippen molar-refractivity contribution in [3.05, 3.63) is 168 Å². The highest BCUT2D eigenvalue weighted by atomic mass is 14.6. The maximum atomic E-state index is 9.21. The van der Waals surface area contributed by atoms with Gasteiger partial charge in [0.1, 0.15) is 0 Å². The lowest BCUT2D eigenvalue weighted by Crippen LogP contribution is -2.17. The second-order valence-corrected chi connectivity index (χ2v) is 9.70. The molecule has 192 valence electrons. The number of hydrogen-bond acceptors (Lipinski definition) is 4. The fourth-order valence-electron chi connectivity index (χ4n) is 5.05. The zero-order valence-electron chi connectivity index (χ0n) is 21.9. The highest BCUT2D eigenvalue weighted by molar-refractivity contribution is 6.12. The molecule has 2 heterocycles. The van der Waals surface area contributed by atoms with Crippen LogP contribution < -0.4 is 5.73 Å². The van der Waals surface area contributed by atoms with Crippen LogP contribution in [0.25, 0.3) is 33.4 Å². The summed E-state index contributed by atoms with van der Waals surface area (Å²) in [5, 5.41) is 9.21. The zero-order chi connectivity index (χ0) is 27.3. The van der Waals surface area contributed by atoms with Crippen LogP contribution in [0.3, 0.4) is 0 Å². The van der Waals surface area contributed by atoms with Crippen molar-refractivity contribution >= 4 is 5.71 Å². The lowest BCUT2D eigenvalue weighted by atomic mass is 9.86. The van der Waals surface area contributed by atoms with E-state index in [1.807, 2.05) is 72.8 Å². The second kappa shape index (κ2) is 11.3. The van der Waals surface area contributed by atoms with Gasteiger partial charge in [-0.1, -0.05) is 72.8 Å². The summed E-state index contributed by atoms with van der Waals surface area (Å²) < 4.78 is 0. The van der Waals surface area contributed by atoms with Gasteiger partial charge in [-0.3, -0.25) is 15.4 Å². The average Bonchev–Trinajstić information content (AvgIpc) is 3.05. The topological polar surface area (TPSA) is 75.7 Å². The van der Waals surface area contributed by atoms with Crippen molar-refractivity contribution in [3.63, 3.8) is 0 Å². The maximum absolute atomic E-state index is 9.21. The Morgan fingerprint density at radius 1 is 0.525 bits per heavy atom. The molecule has 0 bridgehead atoms.